The number of aliphatic hydroxyl groups is 1. The van der Waals surface area contributed by atoms with Crippen LogP contribution in [0.2, 0.25) is 0 Å². The van der Waals surface area contributed by atoms with Crippen LogP contribution in [-0.4, -0.2) is 72.7 Å². The monoisotopic (exact) mass is 269 g/mol. The highest BCUT2D eigenvalue weighted by Crippen LogP contribution is 2.17. The van der Waals surface area contributed by atoms with E-state index >= 15 is 0 Å². The van der Waals surface area contributed by atoms with Gasteiger partial charge in [-0.1, -0.05) is 19.3 Å². The molecular formula is C14H27N3O2. The van der Waals surface area contributed by atoms with Gasteiger partial charge in [0, 0.05) is 38.8 Å². The summed E-state index contributed by atoms with van der Waals surface area (Å²) in [4.78, 5) is 16.4. The van der Waals surface area contributed by atoms with Crippen LogP contribution in [0, 0.1) is 0 Å². The Labute approximate surface area is 115 Å². The smallest absolute Gasteiger partial charge is 0.234 e. The third-order valence-corrected chi connectivity index (χ3v) is 4.22. The third kappa shape index (κ3) is 5.09. The molecule has 1 aliphatic carbocycles. The quantitative estimate of drug-likeness (QED) is 0.740. The molecule has 2 fully saturated rings. The van der Waals surface area contributed by atoms with E-state index in [1.165, 1.54) is 19.3 Å². The molecule has 110 valence electrons. The number of β-amino-alcohol motifs (C(OH)–C–C–N with tert-alkyl or cyclic N) is 1. The van der Waals surface area contributed by atoms with E-state index < -0.39 is 0 Å². The van der Waals surface area contributed by atoms with Crippen LogP contribution >= 0.6 is 0 Å². The van der Waals surface area contributed by atoms with E-state index in [1.54, 1.807) is 0 Å². The summed E-state index contributed by atoms with van der Waals surface area (Å²) in [5.74, 6) is 0.183. The molecule has 0 atom stereocenters. The highest BCUT2D eigenvalue weighted by molar-refractivity contribution is 5.78. The SMILES string of the molecule is O=C(CN1CCN(CCO)CC1)NC1CCCCC1. The lowest BCUT2D eigenvalue weighted by atomic mass is 9.95. The number of aliphatic hydroxyl groups excluding tert-OH is 1. The molecule has 0 bridgehead atoms. The number of hydrogen-bond acceptors (Lipinski definition) is 4. The summed E-state index contributed by atoms with van der Waals surface area (Å²) in [5.41, 5.74) is 0. The highest BCUT2D eigenvalue weighted by Gasteiger charge is 2.20. The van der Waals surface area contributed by atoms with Gasteiger partial charge >= 0.3 is 0 Å². The van der Waals surface area contributed by atoms with Crippen molar-refractivity contribution in [3.8, 4) is 0 Å². The lowest BCUT2D eigenvalue weighted by Gasteiger charge is -2.34. The van der Waals surface area contributed by atoms with Gasteiger partial charge in [-0.15, -0.1) is 0 Å². The summed E-state index contributed by atoms with van der Waals surface area (Å²) in [6, 6.07) is 0.414. The first kappa shape index (κ1) is 14.8. The maximum Gasteiger partial charge on any atom is 0.234 e. The Hall–Kier alpha value is -0.650. The molecule has 1 aliphatic heterocycles. The lowest BCUT2D eigenvalue weighted by molar-refractivity contribution is -0.123. The van der Waals surface area contributed by atoms with E-state index in [-0.39, 0.29) is 12.5 Å². The number of piperazine rings is 1. The minimum Gasteiger partial charge on any atom is -0.395 e. The molecule has 0 unspecified atom stereocenters. The van der Waals surface area contributed by atoms with Gasteiger partial charge in [0.25, 0.3) is 0 Å². The van der Waals surface area contributed by atoms with Gasteiger partial charge in [-0.05, 0) is 12.8 Å². The van der Waals surface area contributed by atoms with Crippen molar-refractivity contribution in [2.45, 2.75) is 38.1 Å². The zero-order chi connectivity index (χ0) is 13.5. The van der Waals surface area contributed by atoms with Gasteiger partial charge in [-0.3, -0.25) is 14.6 Å². The van der Waals surface area contributed by atoms with Crippen molar-refractivity contribution in [3.05, 3.63) is 0 Å². The van der Waals surface area contributed by atoms with Crippen LogP contribution in [0.1, 0.15) is 32.1 Å². The number of amides is 1. The first-order chi connectivity index (χ1) is 9.28. The second-order valence-electron chi connectivity index (χ2n) is 5.74. The van der Waals surface area contributed by atoms with Gasteiger partial charge in [0.15, 0.2) is 0 Å². The summed E-state index contributed by atoms with van der Waals surface area (Å²) >= 11 is 0. The first-order valence-electron chi connectivity index (χ1n) is 7.63. The van der Waals surface area contributed by atoms with Crippen LogP contribution < -0.4 is 5.32 Å². The van der Waals surface area contributed by atoms with Gasteiger partial charge in [0.2, 0.25) is 5.91 Å². The van der Waals surface area contributed by atoms with Crippen molar-refractivity contribution < 1.29 is 9.90 Å². The van der Waals surface area contributed by atoms with Crippen LogP contribution in [0.25, 0.3) is 0 Å². The summed E-state index contributed by atoms with van der Waals surface area (Å²) in [7, 11) is 0. The summed E-state index contributed by atoms with van der Waals surface area (Å²) in [5, 5.41) is 12.1. The molecule has 5 heteroatoms. The largest absolute Gasteiger partial charge is 0.395 e. The van der Waals surface area contributed by atoms with Gasteiger partial charge in [-0.25, -0.2) is 0 Å². The number of carbonyl (C=O) groups excluding carboxylic acids is 1. The highest BCUT2D eigenvalue weighted by atomic mass is 16.3. The Kier molecular flexibility index (Phi) is 6.07. The fourth-order valence-electron chi connectivity index (χ4n) is 3.04. The molecule has 0 aromatic carbocycles. The van der Waals surface area contributed by atoms with Crippen LogP contribution in [0.5, 0.6) is 0 Å². The minimum absolute atomic E-state index is 0.183. The maximum atomic E-state index is 12.0. The standard InChI is InChI=1S/C14H27N3O2/c18-11-10-16-6-8-17(9-7-16)12-14(19)15-13-4-2-1-3-5-13/h13,18H,1-12H2,(H,15,19). The van der Waals surface area contributed by atoms with E-state index in [9.17, 15) is 4.79 Å². The molecular weight excluding hydrogens is 242 g/mol. The molecule has 1 heterocycles. The maximum absolute atomic E-state index is 12.0. The predicted octanol–water partition coefficient (Wildman–Crippen LogP) is 0.0452. The molecule has 0 spiro atoms. The van der Waals surface area contributed by atoms with Crippen molar-refractivity contribution in [1.82, 2.24) is 15.1 Å². The van der Waals surface area contributed by atoms with Crippen LogP contribution in [0.4, 0.5) is 0 Å². The average Bonchev–Trinajstić information content (AvgIpc) is 2.42. The molecule has 0 aromatic rings. The second-order valence-corrected chi connectivity index (χ2v) is 5.74. The topological polar surface area (TPSA) is 55.8 Å². The van der Waals surface area contributed by atoms with Crippen LogP contribution in [-0.2, 0) is 4.79 Å². The molecule has 2 rings (SSSR count). The minimum atomic E-state index is 0.183. The Morgan fingerprint density at radius 1 is 1.05 bits per heavy atom. The zero-order valence-electron chi connectivity index (χ0n) is 11.8. The van der Waals surface area contributed by atoms with E-state index in [2.05, 4.69) is 15.1 Å². The van der Waals surface area contributed by atoms with E-state index in [1.807, 2.05) is 0 Å². The Bertz CT molecular complexity index is 272. The zero-order valence-corrected chi connectivity index (χ0v) is 11.8. The van der Waals surface area contributed by atoms with Gasteiger partial charge in [-0.2, -0.15) is 0 Å². The molecule has 1 saturated heterocycles. The van der Waals surface area contributed by atoms with Crippen molar-refractivity contribution in [2.75, 3.05) is 45.9 Å². The molecule has 0 aromatic heterocycles. The number of rotatable bonds is 5. The fourth-order valence-corrected chi connectivity index (χ4v) is 3.04. The normalized spacial score (nSPS) is 23.4. The van der Waals surface area contributed by atoms with E-state index in [4.69, 9.17) is 5.11 Å². The molecule has 1 saturated carbocycles. The van der Waals surface area contributed by atoms with Gasteiger partial charge < -0.3 is 10.4 Å². The molecule has 0 radical (unpaired) electrons. The molecule has 2 N–H and O–H groups in total. The van der Waals surface area contributed by atoms with Crippen molar-refractivity contribution in [3.63, 3.8) is 0 Å². The number of nitrogens with zero attached hydrogens (tertiary/aromatic N) is 2. The molecule has 2 aliphatic rings. The van der Waals surface area contributed by atoms with E-state index in [0.717, 1.165) is 45.6 Å². The summed E-state index contributed by atoms with van der Waals surface area (Å²) < 4.78 is 0. The lowest BCUT2D eigenvalue weighted by Crippen LogP contribution is -2.51. The fraction of sp³-hybridized carbons (Fsp3) is 0.929. The first-order valence-corrected chi connectivity index (χ1v) is 7.63. The second kappa shape index (κ2) is 7.82. The summed E-state index contributed by atoms with van der Waals surface area (Å²) in [6.45, 7) is 5.28. The van der Waals surface area contributed by atoms with Crippen molar-refractivity contribution >= 4 is 5.91 Å². The molecule has 1 amide bonds. The number of carbonyl (C=O) groups is 1. The predicted molar refractivity (Wildman–Crippen MR) is 75.0 cm³/mol. The summed E-state index contributed by atoms with van der Waals surface area (Å²) in [6.07, 6.45) is 6.13. The van der Waals surface area contributed by atoms with Crippen molar-refractivity contribution in [2.24, 2.45) is 0 Å². The third-order valence-electron chi connectivity index (χ3n) is 4.22. The van der Waals surface area contributed by atoms with Crippen LogP contribution in [0.15, 0.2) is 0 Å². The molecule has 5 nitrogen and oxygen atoms in total. The van der Waals surface area contributed by atoms with Gasteiger partial charge in [0.1, 0.15) is 0 Å². The number of hydrogen-bond donors (Lipinski definition) is 2. The van der Waals surface area contributed by atoms with Crippen molar-refractivity contribution in [1.29, 1.82) is 0 Å². The number of nitrogens with one attached hydrogen (secondary N) is 1. The Morgan fingerprint density at radius 3 is 2.32 bits per heavy atom. The average molecular weight is 269 g/mol. The molecule has 19 heavy (non-hydrogen) atoms. The van der Waals surface area contributed by atoms with E-state index in [0.29, 0.717) is 12.6 Å². The van der Waals surface area contributed by atoms with Gasteiger partial charge in [0.05, 0.1) is 13.2 Å². The Balaban J connectivity index is 1.63. The van der Waals surface area contributed by atoms with Crippen LogP contribution in [0.3, 0.4) is 0 Å². The Morgan fingerprint density at radius 2 is 1.68 bits per heavy atom.